The van der Waals surface area contributed by atoms with E-state index in [2.05, 4.69) is 30.2 Å². The molecule has 0 amide bonds. The van der Waals surface area contributed by atoms with Crippen LogP contribution >= 0.6 is 0 Å². The molecule has 3 aromatic heterocycles. The molecule has 1 atom stereocenters. The number of hydrogen-bond acceptors (Lipinski definition) is 7. The molecule has 1 N–H and O–H groups in total. The molecule has 8 heteroatoms. The van der Waals surface area contributed by atoms with Crippen LogP contribution in [-0.4, -0.2) is 39.6 Å². The zero-order valence-electron chi connectivity index (χ0n) is 15.8. The molecular weight excluding hydrogens is 359 g/mol. The van der Waals surface area contributed by atoms with E-state index in [-0.39, 0.29) is 11.9 Å². The number of halogens is 1. The molecule has 1 fully saturated rings. The smallest absolute Gasteiger partial charge is 0.225 e. The van der Waals surface area contributed by atoms with Crippen LogP contribution in [0.2, 0.25) is 0 Å². The van der Waals surface area contributed by atoms with E-state index in [1.54, 1.807) is 6.07 Å². The number of morpholine rings is 1. The van der Waals surface area contributed by atoms with Gasteiger partial charge in [0, 0.05) is 17.9 Å². The normalized spacial score (nSPS) is 16.8. The van der Waals surface area contributed by atoms with Crippen LogP contribution in [0.3, 0.4) is 0 Å². The number of ether oxygens (including phenoxy) is 1. The summed E-state index contributed by atoms with van der Waals surface area (Å²) in [7, 11) is 0. The van der Waals surface area contributed by atoms with Gasteiger partial charge in [0.25, 0.3) is 0 Å². The number of pyridine rings is 2. The van der Waals surface area contributed by atoms with Gasteiger partial charge < -0.3 is 15.0 Å². The minimum Gasteiger partial charge on any atom is -0.368 e. The van der Waals surface area contributed by atoms with Crippen LogP contribution in [0.1, 0.15) is 23.2 Å². The van der Waals surface area contributed by atoms with Crippen LogP contribution in [0.25, 0.3) is 0 Å². The van der Waals surface area contributed by atoms with Gasteiger partial charge in [-0.3, -0.25) is 0 Å². The summed E-state index contributed by atoms with van der Waals surface area (Å²) < 4.78 is 19.0. The number of nitrogens with zero attached hydrogens (tertiary/aromatic N) is 5. The molecule has 28 heavy (non-hydrogen) atoms. The largest absolute Gasteiger partial charge is 0.368 e. The highest BCUT2D eigenvalue weighted by Gasteiger charge is 2.25. The van der Waals surface area contributed by atoms with Crippen molar-refractivity contribution in [2.24, 2.45) is 0 Å². The van der Waals surface area contributed by atoms with Crippen molar-refractivity contribution in [1.29, 1.82) is 0 Å². The van der Waals surface area contributed by atoms with Crippen molar-refractivity contribution in [2.75, 3.05) is 29.9 Å². The van der Waals surface area contributed by atoms with Crippen LogP contribution < -0.4 is 10.2 Å². The lowest BCUT2D eigenvalue weighted by atomic mass is 10.2. The molecule has 0 spiro atoms. The standard InChI is InChI=1S/C20H21FN6O/c1-13-10-14(2)24-20(23-13)27-8-9-28-17(12-27)16-4-3-5-19(25-16)26-18-7-6-15(21)11-22-18/h3-7,10-11,17H,8-9,12H2,1-2H3,(H,22,25,26)/t17-/m0/s1. The molecule has 0 radical (unpaired) electrons. The monoisotopic (exact) mass is 380 g/mol. The third kappa shape index (κ3) is 4.23. The Morgan fingerprint density at radius 2 is 1.89 bits per heavy atom. The third-order valence-corrected chi connectivity index (χ3v) is 4.40. The molecule has 1 aliphatic heterocycles. The molecule has 0 aliphatic carbocycles. The zero-order valence-corrected chi connectivity index (χ0v) is 15.8. The third-order valence-electron chi connectivity index (χ3n) is 4.40. The highest BCUT2D eigenvalue weighted by Crippen LogP contribution is 2.25. The van der Waals surface area contributed by atoms with E-state index in [4.69, 9.17) is 4.74 Å². The lowest BCUT2D eigenvalue weighted by Gasteiger charge is -2.33. The van der Waals surface area contributed by atoms with Crippen molar-refractivity contribution in [2.45, 2.75) is 20.0 Å². The van der Waals surface area contributed by atoms with Crippen molar-refractivity contribution < 1.29 is 9.13 Å². The van der Waals surface area contributed by atoms with Gasteiger partial charge >= 0.3 is 0 Å². The molecule has 0 saturated carbocycles. The van der Waals surface area contributed by atoms with Crippen LogP contribution in [0.5, 0.6) is 0 Å². The molecular formula is C20H21FN6O. The zero-order chi connectivity index (χ0) is 19.5. The number of aromatic nitrogens is 4. The molecule has 144 valence electrons. The summed E-state index contributed by atoms with van der Waals surface area (Å²) in [5.41, 5.74) is 2.70. The van der Waals surface area contributed by atoms with Gasteiger partial charge in [-0.15, -0.1) is 0 Å². The second kappa shape index (κ2) is 7.85. The summed E-state index contributed by atoms with van der Waals surface area (Å²) >= 11 is 0. The molecule has 1 saturated heterocycles. The van der Waals surface area contributed by atoms with Gasteiger partial charge in [-0.25, -0.2) is 24.3 Å². The Balaban J connectivity index is 1.51. The summed E-state index contributed by atoms with van der Waals surface area (Å²) in [5.74, 6) is 1.49. The Labute approximate surface area is 162 Å². The average molecular weight is 380 g/mol. The van der Waals surface area contributed by atoms with E-state index in [0.29, 0.717) is 24.8 Å². The Morgan fingerprint density at radius 3 is 2.64 bits per heavy atom. The second-order valence-corrected chi connectivity index (χ2v) is 6.69. The lowest BCUT2D eigenvalue weighted by molar-refractivity contribution is 0.0365. The fourth-order valence-electron chi connectivity index (χ4n) is 3.14. The van der Waals surface area contributed by atoms with Gasteiger partial charge in [-0.05, 0) is 44.2 Å². The maximum absolute atomic E-state index is 13.0. The molecule has 0 bridgehead atoms. The maximum Gasteiger partial charge on any atom is 0.225 e. The lowest BCUT2D eigenvalue weighted by Crippen LogP contribution is -2.39. The minimum atomic E-state index is -0.378. The maximum atomic E-state index is 13.0. The molecule has 1 aliphatic rings. The van der Waals surface area contributed by atoms with Gasteiger partial charge in [0.05, 0.1) is 25.0 Å². The number of aryl methyl sites for hydroxylation is 2. The first kappa shape index (κ1) is 18.2. The Kier molecular flexibility index (Phi) is 5.12. The van der Waals surface area contributed by atoms with E-state index in [9.17, 15) is 4.39 Å². The van der Waals surface area contributed by atoms with Crippen molar-refractivity contribution in [1.82, 2.24) is 19.9 Å². The minimum absolute atomic E-state index is 0.193. The fourth-order valence-corrected chi connectivity index (χ4v) is 3.14. The summed E-state index contributed by atoms with van der Waals surface area (Å²) in [4.78, 5) is 19.9. The van der Waals surface area contributed by atoms with Gasteiger partial charge in [-0.2, -0.15) is 0 Å². The fraction of sp³-hybridized carbons (Fsp3) is 0.300. The average Bonchev–Trinajstić information content (AvgIpc) is 2.69. The van der Waals surface area contributed by atoms with E-state index in [0.717, 1.165) is 35.8 Å². The SMILES string of the molecule is Cc1cc(C)nc(N2CCO[C@H](c3cccc(Nc4ccc(F)cn4)n3)C2)n1. The molecule has 4 rings (SSSR count). The van der Waals surface area contributed by atoms with Gasteiger partial charge in [0.15, 0.2) is 0 Å². The topological polar surface area (TPSA) is 76.1 Å². The Hall–Kier alpha value is -3.13. The first-order valence-electron chi connectivity index (χ1n) is 9.11. The van der Waals surface area contributed by atoms with Gasteiger partial charge in [0.1, 0.15) is 23.6 Å². The second-order valence-electron chi connectivity index (χ2n) is 6.69. The molecule has 4 heterocycles. The summed E-state index contributed by atoms with van der Waals surface area (Å²) in [5, 5.41) is 3.09. The molecule has 7 nitrogen and oxygen atoms in total. The Bertz CT molecular complexity index is 945. The summed E-state index contributed by atoms with van der Waals surface area (Å²) in [6.07, 6.45) is 0.971. The van der Waals surface area contributed by atoms with Crippen molar-refractivity contribution in [3.63, 3.8) is 0 Å². The van der Waals surface area contributed by atoms with E-state index < -0.39 is 0 Å². The number of anilines is 3. The molecule has 0 unspecified atom stereocenters. The van der Waals surface area contributed by atoms with Crippen molar-refractivity contribution >= 4 is 17.6 Å². The molecule has 0 aromatic carbocycles. The van der Waals surface area contributed by atoms with Crippen molar-refractivity contribution in [3.8, 4) is 0 Å². The first-order chi connectivity index (χ1) is 13.6. The Morgan fingerprint density at radius 1 is 1.07 bits per heavy atom. The highest BCUT2D eigenvalue weighted by atomic mass is 19.1. The van der Waals surface area contributed by atoms with E-state index in [1.165, 1.54) is 6.07 Å². The molecule has 3 aromatic rings. The van der Waals surface area contributed by atoms with Crippen LogP contribution in [-0.2, 0) is 4.74 Å². The quantitative estimate of drug-likeness (QED) is 0.744. The predicted molar refractivity (Wildman–Crippen MR) is 104 cm³/mol. The number of nitrogens with one attached hydrogen (secondary N) is 1. The first-order valence-corrected chi connectivity index (χ1v) is 9.11. The van der Waals surface area contributed by atoms with Gasteiger partial charge in [-0.1, -0.05) is 6.07 Å². The summed E-state index contributed by atoms with van der Waals surface area (Å²) in [6, 6.07) is 10.6. The highest BCUT2D eigenvalue weighted by molar-refractivity contribution is 5.51. The predicted octanol–water partition coefficient (Wildman–Crippen LogP) is 3.34. The van der Waals surface area contributed by atoms with Gasteiger partial charge in [0.2, 0.25) is 5.95 Å². The number of rotatable bonds is 4. The number of hydrogen-bond donors (Lipinski definition) is 1. The van der Waals surface area contributed by atoms with Crippen LogP contribution in [0.15, 0.2) is 42.6 Å². The van der Waals surface area contributed by atoms with Crippen LogP contribution in [0, 0.1) is 19.7 Å². The van der Waals surface area contributed by atoms with Crippen molar-refractivity contribution in [3.05, 3.63) is 65.5 Å². The summed E-state index contributed by atoms with van der Waals surface area (Å²) in [6.45, 7) is 5.86. The van der Waals surface area contributed by atoms with Crippen LogP contribution in [0.4, 0.5) is 22.0 Å². The van der Waals surface area contributed by atoms with E-state index >= 15 is 0 Å². The van der Waals surface area contributed by atoms with E-state index in [1.807, 2.05) is 38.1 Å².